The van der Waals surface area contributed by atoms with Crippen LogP contribution in [0.2, 0.25) is 0 Å². The fraction of sp³-hybridized carbons (Fsp3) is 0.286. The number of benzene rings is 1. The van der Waals surface area contributed by atoms with Crippen LogP contribution in [-0.4, -0.2) is 14.5 Å². The number of nitrogen functional groups attached to an aromatic ring is 1. The van der Waals surface area contributed by atoms with Gasteiger partial charge in [0, 0.05) is 15.8 Å². The summed E-state index contributed by atoms with van der Waals surface area (Å²) in [5, 5.41) is 0. The quantitative estimate of drug-likeness (QED) is 0.829. The van der Waals surface area contributed by atoms with E-state index in [4.69, 9.17) is 5.73 Å². The molecule has 2 rings (SSSR count). The second kappa shape index (κ2) is 6.13. The molecular weight excluding hydrogens is 311 g/mol. The minimum absolute atomic E-state index is 0.225. The normalized spacial score (nSPS) is 13.3. The van der Waals surface area contributed by atoms with Crippen molar-refractivity contribution in [3.05, 3.63) is 45.9 Å². The van der Waals surface area contributed by atoms with Crippen LogP contribution in [0.5, 0.6) is 0 Å². The standard InChI is InChI=1S/C14H17FN2O2S2/c1-9(8-11-7-6-10(2)20-11)17-21(18,19)13-5-3-4-12(15)14(13)16/h3-7,9,17H,8,16H2,1-2H3. The first-order chi connectivity index (χ1) is 9.79. The molecule has 0 bridgehead atoms. The van der Waals surface area contributed by atoms with Crippen LogP contribution in [0.25, 0.3) is 0 Å². The van der Waals surface area contributed by atoms with E-state index >= 15 is 0 Å². The number of hydrogen-bond acceptors (Lipinski definition) is 4. The molecule has 0 aliphatic heterocycles. The highest BCUT2D eigenvalue weighted by Crippen LogP contribution is 2.22. The predicted molar refractivity (Wildman–Crippen MR) is 83.4 cm³/mol. The van der Waals surface area contributed by atoms with Crippen LogP contribution >= 0.6 is 11.3 Å². The lowest BCUT2D eigenvalue weighted by Crippen LogP contribution is -2.34. The van der Waals surface area contributed by atoms with Gasteiger partial charge in [0.05, 0.1) is 5.69 Å². The Morgan fingerprint density at radius 1 is 1.33 bits per heavy atom. The monoisotopic (exact) mass is 328 g/mol. The number of hydrogen-bond donors (Lipinski definition) is 2. The van der Waals surface area contributed by atoms with Crippen LogP contribution in [0.3, 0.4) is 0 Å². The topological polar surface area (TPSA) is 72.2 Å². The van der Waals surface area contributed by atoms with E-state index in [9.17, 15) is 12.8 Å². The van der Waals surface area contributed by atoms with E-state index in [0.29, 0.717) is 6.42 Å². The van der Waals surface area contributed by atoms with Gasteiger partial charge >= 0.3 is 0 Å². The average molecular weight is 328 g/mol. The molecule has 7 heteroatoms. The first-order valence-corrected chi connectivity index (χ1v) is 8.71. The minimum Gasteiger partial charge on any atom is -0.395 e. The Bertz CT molecular complexity index is 741. The van der Waals surface area contributed by atoms with E-state index in [0.717, 1.165) is 10.9 Å². The van der Waals surface area contributed by atoms with Crippen molar-refractivity contribution in [2.75, 3.05) is 5.73 Å². The van der Waals surface area contributed by atoms with Crippen molar-refractivity contribution in [3.63, 3.8) is 0 Å². The van der Waals surface area contributed by atoms with Gasteiger partial charge in [-0.2, -0.15) is 0 Å². The third kappa shape index (κ3) is 3.81. The van der Waals surface area contributed by atoms with Gasteiger partial charge in [-0.05, 0) is 44.5 Å². The van der Waals surface area contributed by atoms with E-state index in [1.165, 1.54) is 17.0 Å². The van der Waals surface area contributed by atoms with Crippen LogP contribution in [0, 0.1) is 12.7 Å². The third-order valence-electron chi connectivity index (χ3n) is 2.96. The zero-order valence-corrected chi connectivity index (χ0v) is 13.4. The molecule has 114 valence electrons. The molecule has 0 aliphatic rings. The second-order valence-corrected chi connectivity index (χ2v) is 7.95. The molecule has 0 fully saturated rings. The molecule has 0 spiro atoms. The van der Waals surface area contributed by atoms with Crippen molar-refractivity contribution >= 4 is 27.0 Å². The van der Waals surface area contributed by atoms with Gasteiger partial charge in [0.1, 0.15) is 10.7 Å². The summed E-state index contributed by atoms with van der Waals surface area (Å²) in [6, 6.07) is 7.41. The summed E-state index contributed by atoms with van der Waals surface area (Å²) in [5.74, 6) is -0.737. The van der Waals surface area contributed by atoms with E-state index in [-0.39, 0.29) is 16.6 Å². The van der Waals surface area contributed by atoms with Crippen LogP contribution in [0.4, 0.5) is 10.1 Å². The van der Waals surface area contributed by atoms with Crippen LogP contribution in [0.15, 0.2) is 35.2 Å². The summed E-state index contributed by atoms with van der Waals surface area (Å²) < 4.78 is 40.4. The summed E-state index contributed by atoms with van der Waals surface area (Å²) in [7, 11) is -3.84. The van der Waals surface area contributed by atoms with Crippen molar-refractivity contribution in [2.45, 2.75) is 31.2 Å². The number of rotatable bonds is 5. The lowest BCUT2D eigenvalue weighted by Gasteiger charge is -2.14. The van der Waals surface area contributed by atoms with Crippen molar-refractivity contribution in [1.82, 2.24) is 4.72 Å². The molecule has 1 unspecified atom stereocenters. The van der Waals surface area contributed by atoms with Gasteiger partial charge in [-0.3, -0.25) is 0 Å². The third-order valence-corrected chi connectivity index (χ3v) is 5.63. The lowest BCUT2D eigenvalue weighted by molar-refractivity contribution is 0.559. The van der Waals surface area contributed by atoms with Crippen LogP contribution in [0.1, 0.15) is 16.7 Å². The summed E-state index contributed by atoms with van der Waals surface area (Å²) >= 11 is 1.62. The first kappa shape index (κ1) is 15.9. The number of halogens is 1. The molecule has 0 radical (unpaired) electrons. The van der Waals surface area contributed by atoms with Gasteiger partial charge in [0.15, 0.2) is 0 Å². The maximum absolute atomic E-state index is 13.4. The summed E-state index contributed by atoms with van der Waals surface area (Å²) in [6.07, 6.45) is 0.576. The molecular formula is C14H17FN2O2S2. The Kier molecular flexibility index (Phi) is 4.65. The average Bonchev–Trinajstić information content (AvgIpc) is 2.77. The Labute approximate surface area is 127 Å². The van der Waals surface area contributed by atoms with Gasteiger partial charge in [0.2, 0.25) is 10.0 Å². The number of sulfonamides is 1. The van der Waals surface area contributed by atoms with E-state index < -0.39 is 15.8 Å². The highest BCUT2D eigenvalue weighted by molar-refractivity contribution is 7.89. The molecule has 4 nitrogen and oxygen atoms in total. The molecule has 1 aromatic carbocycles. The summed E-state index contributed by atoms with van der Waals surface area (Å²) in [4.78, 5) is 2.04. The van der Waals surface area contributed by atoms with Gasteiger partial charge in [0.25, 0.3) is 0 Å². The first-order valence-electron chi connectivity index (χ1n) is 6.41. The second-order valence-electron chi connectivity index (χ2n) is 4.89. The highest BCUT2D eigenvalue weighted by atomic mass is 32.2. The highest BCUT2D eigenvalue weighted by Gasteiger charge is 2.21. The molecule has 1 heterocycles. The van der Waals surface area contributed by atoms with Gasteiger partial charge in [-0.15, -0.1) is 11.3 Å². The smallest absolute Gasteiger partial charge is 0.242 e. The molecule has 1 atom stereocenters. The fourth-order valence-corrected chi connectivity index (χ4v) is 4.42. The number of nitrogens with one attached hydrogen (secondary N) is 1. The van der Waals surface area contributed by atoms with Crippen molar-refractivity contribution < 1.29 is 12.8 Å². The van der Waals surface area contributed by atoms with Crippen LogP contribution < -0.4 is 10.5 Å². The van der Waals surface area contributed by atoms with Gasteiger partial charge in [-0.25, -0.2) is 17.5 Å². The number of aryl methyl sites for hydroxylation is 1. The Morgan fingerprint density at radius 3 is 2.67 bits per heavy atom. The summed E-state index contributed by atoms with van der Waals surface area (Å²) in [5.41, 5.74) is 5.15. The molecule has 21 heavy (non-hydrogen) atoms. The Hall–Kier alpha value is -1.44. The van der Waals surface area contributed by atoms with E-state index in [1.807, 2.05) is 19.1 Å². The molecule has 0 saturated heterocycles. The largest absolute Gasteiger partial charge is 0.395 e. The molecule has 0 aliphatic carbocycles. The zero-order valence-electron chi connectivity index (χ0n) is 11.8. The predicted octanol–water partition coefficient (Wildman–Crippen LogP) is 2.69. The zero-order chi connectivity index (χ0) is 15.6. The maximum Gasteiger partial charge on any atom is 0.242 e. The number of nitrogens with two attached hydrogens (primary N) is 1. The Balaban J connectivity index is 2.15. The molecule has 0 amide bonds. The van der Waals surface area contributed by atoms with Crippen molar-refractivity contribution in [3.8, 4) is 0 Å². The maximum atomic E-state index is 13.4. The van der Waals surface area contributed by atoms with Crippen LogP contribution in [-0.2, 0) is 16.4 Å². The minimum atomic E-state index is -3.84. The van der Waals surface area contributed by atoms with E-state index in [2.05, 4.69) is 4.72 Å². The lowest BCUT2D eigenvalue weighted by atomic mass is 10.2. The van der Waals surface area contributed by atoms with Gasteiger partial charge < -0.3 is 5.73 Å². The van der Waals surface area contributed by atoms with E-state index in [1.54, 1.807) is 18.3 Å². The van der Waals surface area contributed by atoms with Gasteiger partial charge in [-0.1, -0.05) is 6.07 Å². The van der Waals surface area contributed by atoms with Crippen molar-refractivity contribution in [1.29, 1.82) is 0 Å². The Morgan fingerprint density at radius 2 is 2.05 bits per heavy atom. The molecule has 1 aromatic heterocycles. The molecule has 3 N–H and O–H groups in total. The number of anilines is 1. The number of thiophene rings is 1. The molecule has 0 saturated carbocycles. The fourth-order valence-electron chi connectivity index (χ4n) is 2.02. The molecule has 2 aromatic rings. The SMILES string of the molecule is Cc1ccc(CC(C)NS(=O)(=O)c2cccc(F)c2N)s1. The number of para-hydroxylation sites is 1. The van der Waals surface area contributed by atoms with Crippen molar-refractivity contribution in [2.24, 2.45) is 0 Å². The summed E-state index contributed by atoms with van der Waals surface area (Å²) in [6.45, 7) is 3.76.